The zero-order chi connectivity index (χ0) is 18.7. The third kappa shape index (κ3) is 3.61. The van der Waals surface area contributed by atoms with Crippen molar-refractivity contribution >= 4 is 5.91 Å². The maximum Gasteiger partial charge on any atom is 0.328 e. The first-order valence-corrected chi connectivity index (χ1v) is 7.52. The number of furan rings is 1. The number of amides is 1. The van der Waals surface area contributed by atoms with Gasteiger partial charge in [0.15, 0.2) is 0 Å². The van der Waals surface area contributed by atoms with E-state index in [1.165, 1.54) is 12.3 Å². The van der Waals surface area contributed by atoms with Crippen LogP contribution in [0.4, 0.5) is 8.78 Å². The highest BCUT2D eigenvalue weighted by Gasteiger charge is 2.16. The number of aromatic nitrogens is 2. The lowest BCUT2D eigenvalue weighted by Gasteiger charge is -2.08. The number of H-pyrrole nitrogens is 1. The second-order valence-corrected chi connectivity index (χ2v) is 5.40. The first-order chi connectivity index (χ1) is 12.5. The highest BCUT2D eigenvalue weighted by Crippen LogP contribution is 2.09. The van der Waals surface area contributed by atoms with Gasteiger partial charge in [-0.05, 0) is 18.2 Å². The van der Waals surface area contributed by atoms with Gasteiger partial charge in [0.05, 0.1) is 12.8 Å². The first kappa shape index (κ1) is 17.3. The fourth-order valence-corrected chi connectivity index (χ4v) is 2.31. The highest BCUT2D eigenvalue weighted by atomic mass is 19.1. The SMILES string of the molecule is O=C(NCc1ccc(F)cc1F)c1c[nH]c(=O)n(Cc2ccco2)c1=O. The minimum atomic E-state index is -0.818. The summed E-state index contributed by atoms with van der Waals surface area (Å²) in [5.74, 6) is -1.99. The van der Waals surface area contributed by atoms with E-state index in [0.717, 1.165) is 16.8 Å². The van der Waals surface area contributed by atoms with E-state index >= 15 is 0 Å². The minimum Gasteiger partial charge on any atom is -0.467 e. The van der Waals surface area contributed by atoms with Gasteiger partial charge in [0.25, 0.3) is 11.5 Å². The van der Waals surface area contributed by atoms with Crippen LogP contribution in [0.5, 0.6) is 0 Å². The van der Waals surface area contributed by atoms with Gasteiger partial charge in [-0.3, -0.25) is 14.2 Å². The molecule has 2 aromatic heterocycles. The van der Waals surface area contributed by atoms with E-state index in [1.54, 1.807) is 12.1 Å². The predicted octanol–water partition coefficient (Wildman–Crippen LogP) is 1.39. The number of carbonyl (C=O) groups is 1. The van der Waals surface area contributed by atoms with Crippen molar-refractivity contribution in [1.82, 2.24) is 14.9 Å². The van der Waals surface area contributed by atoms with E-state index in [-0.39, 0.29) is 24.2 Å². The molecule has 26 heavy (non-hydrogen) atoms. The Morgan fingerprint density at radius 2 is 2.04 bits per heavy atom. The van der Waals surface area contributed by atoms with Crippen LogP contribution >= 0.6 is 0 Å². The van der Waals surface area contributed by atoms with Crippen molar-refractivity contribution in [2.45, 2.75) is 13.1 Å². The molecular weight excluding hydrogens is 348 g/mol. The summed E-state index contributed by atoms with van der Waals surface area (Å²) in [6.07, 6.45) is 2.38. The van der Waals surface area contributed by atoms with Crippen molar-refractivity contribution in [2.24, 2.45) is 0 Å². The summed E-state index contributed by atoms with van der Waals surface area (Å²) in [7, 11) is 0. The van der Waals surface area contributed by atoms with Crippen LogP contribution in [0.3, 0.4) is 0 Å². The number of hydrogen-bond donors (Lipinski definition) is 2. The Morgan fingerprint density at radius 1 is 1.23 bits per heavy atom. The van der Waals surface area contributed by atoms with E-state index in [9.17, 15) is 23.2 Å². The second kappa shape index (κ2) is 7.18. The molecule has 2 heterocycles. The lowest BCUT2D eigenvalue weighted by Crippen LogP contribution is -2.40. The maximum absolute atomic E-state index is 13.6. The molecule has 0 saturated heterocycles. The normalized spacial score (nSPS) is 10.7. The molecule has 1 aromatic carbocycles. The highest BCUT2D eigenvalue weighted by molar-refractivity contribution is 5.93. The van der Waals surface area contributed by atoms with Crippen molar-refractivity contribution in [2.75, 3.05) is 0 Å². The van der Waals surface area contributed by atoms with Crippen LogP contribution in [-0.2, 0) is 13.1 Å². The lowest BCUT2D eigenvalue weighted by molar-refractivity contribution is 0.0948. The van der Waals surface area contributed by atoms with Gasteiger partial charge in [-0.25, -0.2) is 13.6 Å². The van der Waals surface area contributed by atoms with Gasteiger partial charge >= 0.3 is 5.69 Å². The van der Waals surface area contributed by atoms with E-state index in [1.807, 2.05) is 0 Å². The number of aromatic amines is 1. The summed E-state index contributed by atoms with van der Waals surface area (Å²) in [4.78, 5) is 38.8. The van der Waals surface area contributed by atoms with Gasteiger partial charge in [0.2, 0.25) is 0 Å². The van der Waals surface area contributed by atoms with Gasteiger partial charge < -0.3 is 14.7 Å². The van der Waals surface area contributed by atoms with E-state index in [4.69, 9.17) is 4.42 Å². The molecule has 1 amide bonds. The second-order valence-electron chi connectivity index (χ2n) is 5.40. The van der Waals surface area contributed by atoms with E-state index in [2.05, 4.69) is 10.3 Å². The van der Waals surface area contributed by atoms with Gasteiger partial charge in [-0.1, -0.05) is 6.07 Å². The summed E-state index contributed by atoms with van der Waals surface area (Å²) in [6.45, 7) is -0.392. The van der Waals surface area contributed by atoms with Gasteiger partial charge in [0, 0.05) is 24.4 Å². The number of benzene rings is 1. The fraction of sp³-hybridized carbons (Fsp3) is 0.118. The van der Waals surface area contributed by atoms with Crippen LogP contribution in [0.25, 0.3) is 0 Å². The molecule has 0 spiro atoms. The van der Waals surface area contributed by atoms with Gasteiger partial charge in [-0.2, -0.15) is 0 Å². The molecule has 0 unspecified atom stereocenters. The molecule has 0 aliphatic carbocycles. The molecule has 0 aliphatic rings. The van der Waals surface area contributed by atoms with Crippen molar-refractivity contribution in [3.63, 3.8) is 0 Å². The molecule has 0 saturated carbocycles. The topological polar surface area (TPSA) is 97.1 Å². The zero-order valence-corrected chi connectivity index (χ0v) is 13.3. The Morgan fingerprint density at radius 3 is 2.73 bits per heavy atom. The molecule has 2 N–H and O–H groups in total. The molecular formula is C17H13F2N3O4. The Balaban J connectivity index is 1.81. The first-order valence-electron chi connectivity index (χ1n) is 7.52. The third-order valence-corrected chi connectivity index (χ3v) is 3.65. The van der Waals surface area contributed by atoms with Gasteiger partial charge in [0.1, 0.15) is 23.0 Å². The van der Waals surface area contributed by atoms with Crippen molar-refractivity contribution in [3.05, 3.63) is 92.2 Å². The van der Waals surface area contributed by atoms with Crippen LogP contribution in [0.15, 0.2) is 56.8 Å². The molecule has 3 rings (SSSR count). The van der Waals surface area contributed by atoms with Crippen LogP contribution in [0.1, 0.15) is 21.7 Å². The van der Waals surface area contributed by atoms with Crippen molar-refractivity contribution < 1.29 is 18.0 Å². The molecule has 0 aliphatic heterocycles. The Hall–Kier alpha value is -3.49. The molecule has 0 fully saturated rings. The molecule has 0 radical (unpaired) electrons. The van der Waals surface area contributed by atoms with Crippen LogP contribution < -0.4 is 16.6 Å². The summed E-state index contributed by atoms with van der Waals surface area (Å²) in [6, 6.07) is 6.12. The number of halogens is 2. The number of hydrogen-bond acceptors (Lipinski definition) is 4. The average Bonchev–Trinajstić information content (AvgIpc) is 3.11. The van der Waals surface area contributed by atoms with Crippen LogP contribution in [-0.4, -0.2) is 15.5 Å². The standard InChI is InChI=1S/C17H13F2N3O4/c18-11-4-3-10(14(19)6-11)7-20-15(23)13-8-21-17(25)22(16(13)24)9-12-2-1-5-26-12/h1-6,8H,7,9H2,(H,20,23)(H,21,25). The predicted molar refractivity (Wildman–Crippen MR) is 86.7 cm³/mol. The third-order valence-electron chi connectivity index (χ3n) is 3.65. The fourth-order valence-electron chi connectivity index (χ4n) is 2.31. The molecule has 0 bridgehead atoms. The minimum absolute atomic E-state index is 0.0556. The summed E-state index contributed by atoms with van der Waals surface area (Å²) in [5.41, 5.74) is -1.78. The number of nitrogens with one attached hydrogen (secondary N) is 2. The summed E-state index contributed by atoms with van der Waals surface area (Å²) < 4.78 is 32.4. The van der Waals surface area contributed by atoms with Crippen molar-refractivity contribution in [3.8, 4) is 0 Å². The van der Waals surface area contributed by atoms with E-state index < -0.39 is 28.8 Å². The lowest BCUT2D eigenvalue weighted by atomic mass is 10.2. The number of rotatable bonds is 5. The zero-order valence-electron chi connectivity index (χ0n) is 13.3. The maximum atomic E-state index is 13.6. The molecule has 9 heteroatoms. The van der Waals surface area contributed by atoms with Crippen LogP contribution in [0.2, 0.25) is 0 Å². The molecule has 134 valence electrons. The molecule has 7 nitrogen and oxygen atoms in total. The number of carbonyl (C=O) groups excluding carboxylic acids is 1. The smallest absolute Gasteiger partial charge is 0.328 e. The molecule has 0 atom stereocenters. The Bertz CT molecular complexity index is 1050. The monoisotopic (exact) mass is 361 g/mol. The summed E-state index contributed by atoms with van der Waals surface area (Å²) in [5, 5.41) is 2.36. The van der Waals surface area contributed by atoms with Gasteiger partial charge in [-0.15, -0.1) is 0 Å². The van der Waals surface area contributed by atoms with Crippen LogP contribution in [0, 0.1) is 11.6 Å². The van der Waals surface area contributed by atoms with Crippen molar-refractivity contribution in [1.29, 1.82) is 0 Å². The summed E-state index contributed by atoms with van der Waals surface area (Å²) >= 11 is 0. The quantitative estimate of drug-likeness (QED) is 0.718. The Labute approximate surface area is 144 Å². The molecule has 3 aromatic rings. The van der Waals surface area contributed by atoms with E-state index in [0.29, 0.717) is 11.8 Å². The largest absolute Gasteiger partial charge is 0.467 e. The number of nitrogens with zero attached hydrogens (tertiary/aromatic N) is 1. The average molecular weight is 361 g/mol. The Kier molecular flexibility index (Phi) is 4.78.